The molecule has 4 heteroatoms. The molecule has 0 unspecified atom stereocenters. The Morgan fingerprint density at radius 3 is 2.57 bits per heavy atom. The summed E-state index contributed by atoms with van der Waals surface area (Å²) in [6.07, 6.45) is 8.96. The van der Waals surface area contributed by atoms with Crippen molar-refractivity contribution in [2.45, 2.75) is 63.3 Å². The number of benzene rings is 1. The minimum atomic E-state index is 0. The second-order valence-electron chi connectivity index (χ2n) is 7.23. The van der Waals surface area contributed by atoms with Crippen LogP contribution in [0.1, 0.15) is 56.1 Å². The molecule has 1 aromatic rings. The summed E-state index contributed by atoms with van der Waals surface area (Å²) >= 11 is 0. The van der Waals surface area contributed by atoms with Crippen molar-refractivity contribution in [3.05, 3.63) is 35.4 Å². The van der Waals surface area contributed by atoms with Gasteiger partial charge in [0.15, 0.2) is 5.96 Å². The van der Waals surface area contributed by atoms with Gasteiger partial charge in [-0.25, -0.2) is 0 Å². The lowest BCUT2D eigenvalue weighted by Crippen LogP contribution is -2.38. The van der Waals surface area contributed by atoms with Gasteiger partial charge in [-0.1, -0.05) is 49.1 Å². The van der Waals surface area contributed by atoms with Crippen LogP contribution in [0.15, 0.2) is 29.3 Å². The maximum absolute atomic E-state index is 6.22. The maximum Gasteiger partial charge on any atom is 0.191 e. The summed E-state index contributed by atoms with van der Waals surface area (Å²) in [6.45, 7) is 3.01. The molecule has 1 aromatic carbocycles. The van der Waals surface area contributed by atoms with Crippen LogP contribution in [0.4, 0.5) is 0 Å². The predicted molar refractivity (Wildman–Crippen MR) is 109 cm³/mol. The van der Waals surface area contributed by atoms with Crippen LogP contribution in [-0.4, -0.2) is 30.5 Å². The van der Waals surface area contributed by atoms with Crippen LogP contribution in [0.3, 0.4) is 0 Å². The number of halogens is 1. The molecule has 0 atom stereocenters. The molecule has 2 saturated carbocycles. The van der Waals surface area contributed by atoms with Gasteiger partial charge in [0, 0.05) is 18.5 Å². The molecule has 0 amide bonds. The van der Waals surface area contributed by atoms with Crippen molar-refractivity contribution in [2.75, 3.05) is 13.6 Å². The highest BCUT2D eigenvalue weighted by atomic mass is 127. The summed E-state index contributed by atoms with van der Waals surface area (Å²) < 4.78 is 0. The molecule has 2 aliphatic rings. The number of aryl methyl sites for hydroxylation is 1. The van der Waals surface area contributed by atoms with Gasteiger partial charge in [0.25, 0.3) is 0 Å². The maximum atomic E-state index is 6.22. The predicted octanol–water partition coefficient (Wildman–Crippen LogP) is 4.22. The van der Waals surface area contributed by atoms with E-state index in [1.54, 1.807) is 0 Å². The molecule has 0 aromatic heterocycles. The van der Waals surface area contributed by atoms with E-state index in [9.17, 15) is 0 Å². The van der Waals surface area contributed by atoms with Crippen LogP contribution in [0.25, 0.3) is 0 Å². The van der Waals surface area contributed by atoms with Gasteiger partial charge in [-0.15, -0.1) is 24.0 Å². The first-order valence-electron chi connectivity index (χ1n) is 8.71. The summed E-state index contributed by atoms with van der Waals surface area (Å²) in [5, 5.41) is 0. The molecule has 0 aliphatic heterocycles. The van der Waals surface area contributed by atoms with Gasteiger partial charge >= 0.3 is 0 Å². The Kier molecular flexibility index (Phi) is 6.34. The van der Waals surface area contributed by atoms with Crippen LogP contribution in [0.5, 0.6) is 0 Å². The zero-order chi connectivity index (χ0) is 15.6. The van der Waals surface area contributed by atoms with E-state index < -0.39 is 0 Å². The van der Waals surface area contributed by atoms with Crippen LogP contribution >= 0.6 is 24.0 Å². The number of nitrogens with two attached hydrogens (primary N) is 1. The Morgan fingerprint density at radius 1 is 1.26 bits per heavy atom. The van der Waals surface area contributed by atoms with E-state index in [2.05, 4.69) is 43.1 Å². The normalized spacial score (nSPS) is 20.7. The molecule has 2 N–H and O–H groups in total. The number of nitrogens with zero attached hydrogens (tertiary/aromatic N) is 2. The highest BCUT2D eigenvalue weighted by molar-refractivity contribution is 14.0. The third kappa shape index (κ3) is 4.40. The van der Waals surface area contributed by atoms with Crippen molar-refractivity contribution in [2.24, 2.45) is 10.7 Å². The highest BCUT2D eigenvalue weighted by Crippen LogP contribution is 2.40. The third-order valence-corrected chi connectivity index (χ3v) is 5.44. The molecular formula is C19H30IN3. The Hall–Kier alpha value is -0.780. The fraction of sp³-hybridized carbons (Fsp3) is 0.632. The summed E-state index contributed by atoms with van der Waals surface area (Å²) in [6, 6.07) is 9.63. The van der Waals surface area contributed by atoms with Crippen molar-refractivity contribution >= 4 is 29.9 Å². The van der Waals surface area contributed by atoms with E-state index in [4.69, 9.17) is 10.7 Å². The Bertz CT molecular complexity index is 545. The molecule has 2 aliphatic carbocycles. The standard InChI is InChI=1S/C19H29N3.HI/c1-15-7-6-8-16(13-15)19(11-4-3-5-12-19)14-21-18(20)22(2)17-9-10-17;/h6-8,13,17H,3-5,9-12,14H2,1-2H3,(H2,20,21);1H. The molecule has 128 valence electrons. The summed E-state index contributed by atoms with van der Waals surface area (Å²) in [4.78, 5) is 6.97. The SMILES string of the molecule is Cc1cccc(C2(CN=C(N)N(C)C3CC3)CCCCC2)c1.I. The minimum absolute atomic E-state index is 0. The van der Waals surface area contributed by atoms with Crippen molar-refractivity contribution < 1.29 is 0 Å². The summed E-state index contributed by atoms with van der Waals surface area (Å²) in [7, 11) is 2.08. The molecule has 2 fully saturated rings. The molecule has 0 radical (unpaired) electrons. The summed E-state index contributed by atoms with van der Waals surface area (Å²) in [5.74, 6) is 0.722. The van der Waals surface area contributed by atoms with Gasteiger partial charge in [-0.05, 0) is 38.2 Å². The average Bonchev–Trinajstić information content (AvgIpc) is 3.38. The first kappa shape index (κ1) is 18.6. The van der Waals surface area contributed by atoms with Crippen LogP contribution in [0, 0.1) is 6.92 Å². The van der Waals surface area contributed by atoms with Gasteiger partial charge < -0.3 is 10.6 Å². The van der Waals surface area contributed by atoms with E-state index in [1.807, 2.05) is 0 Å². The fourth-order valence-corrected chi connectivity index (χ4v) is 3.73. The molecule has 0 heterocycles. The monoisotopic (exact) mass is 427 g/mol. The Morgan fingerprint density at radius 2 is 1.96 bits per heavy atom. The van der Waals surface area contributed by atoms with Gasteiger partial charge in [0.2, 0.25) is 0 Å². The van der Waals surface area contributed by atoms with Crippen molar-refractivity contribution in [3.8, 4) is 0 Å². The topological polar surface area (TPSA) is 41.6 Å². The lowest BCUT2D eigenvalue weighted by Gasteiger charge is -2.37. The second-order valence-corrected chi connectivity index (χ2v) is 7.23. The number of rotatable bonds is 4. The largest absolute Gasteiger partial charge is 0.370 e. The number of hydrogen-bond acceptors (Lipinski definition) is 1. The van der Waals surface area contributed by atoms with Gasteiger partial charge in [-0.3, -0.25) is 4.99 Å². The summed E-state index contributed by atoms with van der Waals surface area (Å²) in [5.41, 5.74) is 9.21. The van der Waals surface area contributed by atoms with E-state index >= 15 is 0 Å². The molecule has 3 rings (SSSR count). The zero-order valence-corrected chi connectivity index (χ0v) is 16.8. The van der Waals surface area contributed by atoms with E-state index in [0.717, 1.165) is 12.5 Å². The Labute approximate surface area is 157 Å². The number of aliphatic imine (C=N–C) groups is 1. The van der Waals surface area contributed by atoms with Gasteiger partial charge in [-0.2, -0.15) is 0 Å². The third-order valence-electron chi connectivity index (χ3n) is 5.44. The zero-order valence-electron chi connectivity index (χ0n) is 14.4. The van der Waals surface area contributed by atoms with Crippen LogP contribution in [0.2, 0.25) is 0 Å². The molecule has 0 bridgehead atoms. The van der Waals surface area contributed by atoms with Crippen LogP contribution < -0.4 is 5.73 Å². The van der Waals surface area contributed by atoms with Crippen molar-refractivity contribution in [1.82, 2.24) is 4.90 Å². The molecular weight excluding hydrogens is 397 g/mol. The molecule has 0 spiro atoms. The second kappa shape index (κ2) is 7.86. The van der Waals surface area contributed by atoms with Gasteiger partial charge in [0.1, 0.15) is 0 Å². The fourth-order valence-electron chi connectivity index (χ4n) is 3.73. The lowest BCUT2D eigenvalue weighted by molar-refractivity contribution is 0.300. The van der Waals surface area contributed by atoms with Crippen LogP contribution in [-0.2, 0) is 5.41 Å². The first-order chi connectivity index (χ1) is 10.6. The smallest absolute Gasteiger partial charge is 0.191 e. The average molecular weight is 427 g/mol. The Balaban J connectivity index is 0.00000192. The van der Waals surface area contributed by atoms with E-state index in [0.29, 0.717) is 6.04 Å². The molecule has 3 nitrogen and oxygen atoms in total. The van der Waals surface area contributed by atoms with Gasteiger partial charge in [0.05, 0.1) is 6.54 Å². The van der Waals surface area contributed by atoms with E-state index in [-0.39, 0.29) is 29.4 Å². The highest BCUT2D eigenvalue weighted by Gasteiger charge is 2.34. The molecule has 0 saturated heterocycles. The number of hydrogen-bond donors (Lipinski definition) is 1. The quantitative estimate of drug-likeness (QED) is 0.444. The number of guanidine groups is 1. The van der Waals surface area contributed by atoms with Crippen molar-refractivity contribution in [1.29, 1.82) is 0 Å². The van der Waals surface area contributed by atoms with Crippen molar-refractivity contribution in [3.63, 3.8) is 0 Å². The van der Waals surface area contributed by atoms with E-state index in [1.165, 1.54) is 56.1 Å². The minimum Gasteiger partial charge on any atom is -0.370 e. The first-order valence-corrected chi connectivity index (χ1v) is 8.71. The lowest BCUT2D eigenvalue weighted by atomic mass is 9.69. The molecule has 23 heavy (non-hydrogen) atoms.